The summed E-state index contributed by atoms with van der Waals surface area (Å²) in [6, 6.07) is 13.3. The molecule has 0 aliphatic heterocycles. The van der Waals surface area contributed by atoms with E-state index >= 15 is 0 Å². The number of anilines is 1. The molecule has 0 fully saturated rings. The molecule has 0 radical (unpaired) electrons. The molecule has 0 amide bonds. The fraction of sp³-hybridized carbons (Fsp3) is 0.222. The molecule has 0 aromatic heterocycles. The largest absolute Gasteiger partial charge is 0.494 e. The Labute approximate surface area is 136 Å². The molecule has 2 rings (SSSR count). The van der Waals surface area contributed by atoms with Gasteiger partial charge in [0.05, 0.1) is 6.61 Å². The number of terminal acetylenes is 1. The zero-order valence-electron chi connectivity index (χ0n) is 12.4. The summed E-state index contributed by atoms with van der Waals surface area (Å²) < 4.78 is 10.9. The summed E-state index contributed by atoms with van der Waals surface area (Å²) in [4.78, 5) is 0. The highest BCUT2D eigenvalue weighted by Gasteiger charge is 2.05. The van der Waals surface area contributed by atoms with Crippen molar-refractivity contribution < 1.29 is 9.47 Å². The van der Waals surface area contributed by atoms with Crippen LogP contribution < -0.4 is 14.8 Å². The Balaban J connectivity index is 2.03. The van der Waals surface area contributed by atoms with E-state index in [9.17, 15) is 0 Å². The normalized spacial score (nSPS) is 9.86. The van der Waals surface area contributed by atoms with Gasteiger partial charge in [0.1, 0.15) is 18.1 Å². The van der Waals surface area contributed by atoms with Crippen LogP contribution >= 0.6 is 11.6 Å². The molecule has 3 nitrogen and oxygen atoms in total. The van der Waals surface area contributed by atoms with Gasteiger partial charge in [-0.15, -0.1) is 6.42 Å². The van der Waals surface area contributed by atoms with E-state index in [-0.39, 0.29) is 6.61 Å². The van der Waals surface area contributed by atoms with Crippen LogP contribution in [-0.2, 0) is 6.54 Å². The Hall–Kier alpha value is -2.31. The summed E-state index contributed by atoms with van der Waals surface area (Å²) in [5.41, 5.74) is 1.95. The number of rotatable bonds is 7. The number of nitrogens with one attached hydrogen (secondary N) is 1. The van der Waals surface area contributed by atoms with Crippen LogP contribution in [0.4, 0.5) is 5.69 Å². The average Bonchev–Trinajstić information content (AvgIpc) is 2.53. The molecule has 0 saturated carbocycles. The minimum Gasteiger partial charge on any atom is -0.494 e. The van der Waals surface area contributed by atoms with Gasteiger partial charge in [-0.25, -0.2) is 0 Å². The topological polar surface area (TPSA) is 30.5 Å². The predicted molar refractivity (Wildman–Crippen MR) is 90.7 cm³/mol. The molecule has 0 aliphatic rings. The van der Waals surface area contributed by atoms with Gasteiger partial charge in [0.2, 0.25) is 0 Å². The van der Waals surface area contributed by atoms with Gasteiger partial charge in [0, 0.05) is 22.8 Å². The molecule has 0 heterocycles. The lowest BCUT2D eigenvalue weighted by Crippen LogP contribution is -2.04. The van der Waals surface area contributed by atoms with Gasteiger partial charge in [-0.05, 0) is 49.4 Å². The third-order valence-corrected chi connectivity index (χ3v) is 3.22. The van der Waals surface area contributed by atoms with Crippen molar-refractivity contribution in [3.63, 3.8) is 0 Å². The summed E-state index contributed by atoms with van der Waals surface area (Å²) in [6.45, 7) is 3.44. The Bertz CT molecular complexity index is 647. The monoisotopic (exact) mass is 315 g/mol. The molecule has 0 unspecified atom stereocenters. The Morgan fingerprint density at radius 2 is 1.91 bits per heavy atom. The van der Waals surface area contributed by atoms with E-state index < -0.39 is 0 Å². The molecule has 1 N–H and O–H groups in total. The van der Waals surface area contributed by atoms with E-state index in [1.807, 2.05) is 43.3 Å². The van der Waals surface area contributed by atoms with Crippen LogP contribution in [0, 0.1) is 12.3 Å². The molecule has 0 saturated heterocycles. The van der Waals surface area contributed by atoms with Crippen molar-refractivity contribution >= 4 is 17.3 Å². The van der Waals surface area contributed by atoms with Crippen LogP contribution in [0.2, 0.25) is 5.02 Å². The van der Waals surface area contributed by atoms with Gasteiger partial charge in [0.15, 0.2) is 0 Å². The van der Waals surface area contributed by atoms with Gasteiger partial charge in [-0.1, -0.05) is 17.5 Å². The quantitative estimate of drug-likeness (QED) is 0.770. The highest BCUT2D eigenvalue weighted by atomic mass is 35.5. The molecule has 0 bridgehead atoms. The number of hydrogen-bond acceptors (Lipinski definition) is 3. The van der Waals surface area contributed by atoms with Crippen molar-refractivity contribution in [3.05, 3.63) is 53.1 Å². The van der Waals surface area contributed by atoms with E-state index in [0.717, 1.165) is 22.7 Å². The first-order chi connectivity index (χ1) is 10.7. The molecule has 114 valence electrons. The van der Waals surface area contributed by atoms with Gasteiger partial charge in [-0.3, -0.25) is 0 Å². The molecule has 0 aliphatic carbocycles. The van der Waals surface area contributed by atoms with E-state index in [1.165, 1.54) is 0 Å². The third kappa shape index (κ3) is 4.61. The second-order valence-electron chi connectivity index (χ2n) is 4.56. The number of halogens is 1. The molecule has 2 aromatic carbocycles. The van der Waals surface area contributed by atoms with Crippen molar-refractivity contribution in [1.82, 2.24) is 0 Å². The minimum absolute atomic E-state index is 0.234. The highest BCUT2D eigenvalue weighted by Crippen LogP contribution is 2.24. The maximum Gasteiger partial charge on any atom is 0.148 e. The van der Waals surface area contributed by atoms with E-state index in [4.69, 9.17) is 27.5 Å². The van der Waals surface area contributed by atoms with Crippen LogP contribution in [0.3, 0.4) is 0 Å². The number of benzene rings is 2. The zero-order valence-corrected chi connectivity index (χ0v) is 13.2. The summed E-state index contributed by atoms with van der Waals surface area (Å²) in [7, 11) is 0. The lowest BCUT2D eigenvalue weighted by atomic mass is 10.2. The SMILES string of the molecule is C#CCOc1ccc(Cl)cc1CNc1ccc(OCC)cc1. The summed E-state index contributed by atoms with van der Waals surface area (Å²) in [5.74, 6) is 4.05. The van der Waals surface area contributed by atoms with Crippen molar-refractivity contribution in [2.75, 3.05) is 18.5 Å². The number of hydrogen-bond donors (Lipinski definition) is 1. The molecule has 0 spiro atoms. The molecule has 22 heavy (non-hydrogen) atoms. The molecular weight excluding hydrogens is 298 g/mol. The maximum atomic E-state index is 6.05. The van der Waals surface area contributed by atoms with Gasteiger partial charge in [0.25, 0.3) is 0 Å². The van der Waals surface area contributed by atoms with E-state index in [1.54, 1.807) is 6.07 Å². The van der Waals surface area contributed by atoms with Crippen LogP contribution in [0.25, 0.3) is 0 Å². The Morgan fingerprint density at radius 3 is 2.59 bits per heavy atom. The molecule has 2 aromatic rings. The van der Waals surface area contributed by atoms with Crippen LogP contribution in [-0.4, -0.2) is 13.2 Å². The first-order valence-electron chi connectivity index (χ1n) is 7.04. The van der Waals surface area contributed by atoms with Crippen LogP contribution in [0.1, 0.15) is 12.5 Å². The van der Waals surface area contributed by atoms with Crippen LogP contribution in [0.5, 0.6) is 11.5 Å². The van der Waals surface area contributed by atoms with Crippen molar-refractivity contribution in [2.45, 2.75) is 13.5 Å². The van der Waals surface area contributed by atoms with Gasteiger partial charge < -0.3 is 14.8 Å². The molecule has 4 heteroatoms. The average molecular weight is 316 g/mol. The minimum atomic E-state index is 0.234. The summed E-state index contributed by atoms with van der Waals surface area (Å²) in [5, 5.41) is 3.99. The highest BCUT2D eigenvalue weighted by molar-refractivity contribution is 6.30. The smallest absolute Gasteiger partial charge is 0.148 e. The van der Waals surface area contributed by atoms with E-state index in [0.29, 0.717) is 18.2 Å². The fourth-order valence-corrected chi connectivity index (χ4v) is 2.17. The third-order valence-electron chi connectivity index (χ3n) is 2.98. The lowest BCUT2D eigenvalue weighted by molar-refractivity contribution is 0.340. The van der Waals surface area contributed by atoms with Crippen LogP contribution in [0.15, 0.2) is 42.5 Å². The summed E-state index contributed by atoms with van der Waals surface area (Å²) >= 11 is 6.05. The van der Waals surface area contributed by atoms with Crippen molar-refractivity contribution in [2.24, 2.45) is 0 Å². The second kappa shape index (κ2) is 8.21. The standard InChI is InChI=1S/C18H18ClNO2/c1-3-11-22-18-10-5-15(19)12-14(18)13-20-16-6-8-17(9-7-16)21-4-2/h1,5-10,12,20H,4,11,13H2,2H3. The first kappa shape index (κ1) is 16.1. The summed E-state index contributed by atoms with van der Waals surface area (Å²) in [6.07, 6.45) is 5.23. The van der Waals surface area contributed by atoms with Gasteiger partial charge >= 0.3 is 0 Å². The van der Waals surface area contributed by atoms with Crippen molar-refractivity contribution in [1.29, 1.82) is 0 Å². The maximum absolute atomic E-state index is 6.05. The zero-order chi connectivity index (χ0) is 15.8. The first-order valence-corrected chi connectivity index (χ1v) is 7.42. The van der Waals surface area contributed by atoms with Crippen molar-refractivity contribution in [3.8, 4) is 23.8 Å². The fourth-order valence-electron chi connectivity index (χ4n) is 1.98. The predicted octanol–water partition coefficient (Wildman–Crippen LogP) is 4.36. The molecular formula is C18H18ClNO2. The second-order valence-corrected chi connectivity index (χ2v) is 4.99. The molecule has 0 atom stereocenters. The van der Waals surface area contributed by atoms with E-state index in [2.05, 4.69) is 11.2 Å². The Morgan fingerprint density at radius 1 is 1.14 bits per heavy atom. The Kier molecular flexibility index (Phi) is 6.00. The lowest BCUT2D eigenvalue weighted by Gasteiger charge is -2.12. The number of ether oxygens (including phenoxy) is 2. The van der Waals surface area contributed by atoms with Gasteiger partial charge in [-0.2, -0.15) is 0 Å².